The highest BCUT2D eigenvalue weighted by atomic mass is 32.1. The molecule has 28 heavy (non-hydrogen) atoms. The standard InChI is InChI=1S/C25H42O2S/c1-2-3-4-5-6-7-8-9-10-11-12-13-14-15-16-17-19-22-20-18-21-23(24(22)26)25(27)28/h18,20-21,26H,2-17,19H2,1H3,(H,27,28). The van der Waals surface area contributed by atoms with Crippen molar-refractivity contribution in [3.05, 3.63) is 29.3 Å². The first-order valence-electron chi connectivity index (χ1n) is 11.7. The molecule has 0 aliphatic heterocycles. The number of carbonyl (C=O) groups is 1. The zero-order valence-corrected chi connectivity index (χ0v) is 18.9. The summed E-state index contributed by atoms with van der Waals surface area (Å²) in [7, 11) is 0. The fourth-order valence-electron chi connectivity index (χ4n) is 3.83. The van der Waals surface area contributed by atoms with E-state index >= 15 is 0 Å². The maximum absolute atomic E-state index is 11.3. The molecule has 0 fully saturated rings. The highest BCUT2D eigenvalue weighted by Gasteiger charge is 2.10. The summed E-state index contributed by atoms with van der Waals surface area (Å²) >= 11 is 3.81. The minimum absolute atomic E-state index is 0.114. The lowest BCUT2D eigenvalue weighted by atomic mass is 10.0. The van der Waals surface area contributed by atoms with E-state index in [1.807, 2.05) is 12.1 Å². The Kier molecular flexibility index (Phi) is 15.2. The molecule has 0 heterocycles. The zero-order chi connectivity index (χ0) is 20.5. The van der Waals surface area contributed by atoms with Gasteiger partial charge in [0, 0.05) is 0 Å². The Balaban J connectivity index is 1.90. The largest absolute Gasteiger partial charge is 0.507 e. The second-order valence-corrected chi connectivity index (χ2v) is 8.58. The fourth-order valence-corrected chi connectivity index (χ4v) is 4.01. The average molecular weight is 407 g/mol. The summed E-state index contributed by atoms with van der Waals surface area (Å²) in [5.74, 6) is 0.114. The van der Waals surface area contributed by atoms with Gasteiger partial charge in [0.1, 0.15) is 5.75 Å². The van der Waals surface area contributed by atoms with Gasteiger partial charge in [-0.15, -0.1) is 12.6 Å². The molecule has 1 aromatic rings. The third-order valence-corrected chi connectivity index (χ3v) is 5.89. The van der Waals surface area contributed by atoms with Crippen molar-refractivity contribution in [1.82, 2.24) is 0 Å². The van der Waals surface area contributed by atoms with Crippen LogP contribution in [-0.4, -0.2) is 10.2 Å². The van der Waals surface area contributed by atoms with Gasteiger partial charge in [-0.25, -0.2) is 0 Å². The number of phenolic OH excluding ortho intramolecular Hbond substituents is 1. The number of aryl methyl sites for hydroxylation is 1. The molecule has 0 aliphatic rings. The van der Waals surface area contributed by atoms with E-state index in [1.54, 1.807) is 6.07 Å². The SMILES string of the molecule is CCCCCCCCCCCCCCCCCCc1cccc(C(=O)S)c1O. The molecule has 2 nitrogen and oxygen atoms in total. The van der Waals surface area contributed by atoms with Crippen molar-refractivity contribution < 1.29 is 9.90 Å². The van der Waals surface area contributed by atoms with Gasteiger partial charge in [-0.2, -0.15) is 0 Å². The highest BCUT2D eigenvalue weighted by Crippen LogP contribution is 2.25. The first-order chi connectivity index (χ1) is 13.7. The van der Waals surface area contributed by atoms with E-state index in [9.17, 15) is 9.90 Å². The van der Waals surface area contributed by atoms with Crippen LogP contribution in [0.1, 0.15) is 126 Å². The molecule has 0 aromatic heterocycles. The van der Waals surface area contributed by atoms with E-state index in [1.165, 1.54) is 96.3 Å². The van der Waals surface area contributed by atoms with Gasteiger partial charge in [-0.05, 0) is 24.5 Å². The second-order valence-electron chi connectivity index (χ2n) is 8.17. The number of aromatic hydroxyl groups is 1. The van der Waals surface area contributed by atoms with Gasteiger partial charge in [0.2, 0.25) is 5.12 Å². The normalized spacial score (nSPS) is 11.1. The number of unbranched alkanes of at least 4 members (excludes halogenated alkanes) is 15. The van der Waals surface area contributed by atoms with Crippen molar-refractivity contribution in [3.8, 4) is 5.75 Å². The molecule has 0 radical (unpaired) electrons. The lowest BCUT2D eigenvalue weighted by Crippen LogP contribution is -1.94. The predicted molar refractivity (Wildman–Crippen MR) is 125 cm³/mol. The topological polar surface area (TPSA) is 37.3 Å². The zero-order valence-electron chi connectivity index (χ0n) is 18.1. The summed E-state index contributed by atoms with van der Waals surface area (Å²) in [6, 6.07) is 5.35. The number of hydrogen-bond acceptors (Lipinski definition) is 2. The Morgan fingerprint density at radius 2 is 1.18 bits per heavy atom. The Labute approximate surface area is 178 Å². The van der Waals surface area contributed by atoms with Crippen LogP contribution < -0.4 is 0 Å². The van der Waals surface area contributed by atoms with Crippen LogP contribution in [0.15, 0.2) is 18.2 Å². The van der Waals surface area contributed by atoms with E-state index in [4.69, 9.17) is 0 Å². The molecule has 160 valence electrons. The Morgan fingerprint density at radius 3 is 1.61 bits per heavy atom. The van der Waals surface area contributed by atoms with Crippen molar-refractivity contribution in [3.63, 3.8) is 0 Å². The van der Waals surface area contributed by atoms with Gasteiger partial charge in [-0.1, -0.05) is 115 Å². The summed E-state index contributed by atoms with van der Waals surface area (Å²) in [6.45, 7) is 2.28. The van der Waals surface area contributed by atoms with E-state index < -0.39 is 0 Å². The minimum atomic E-state index is -0.369. The summed E-state index contributed by atoms with van der Waals surface area (Å²) in [6.07, 6.45) is 22.6. The average Bonchev–Trinajstić information content (AvgIpc) is 2.68. The molecule has 0 unspecified atom stereocenters. The number of benzene rings is 1. The Bertz CT molecular complexity index is 527. The van der Waals surface area contributed by atoms with Crippen molar-refractivity contribution in [2.75, 3.05) is 0 Å². The number of hydrogen-bond donors (Lipinski definition) is 2. The molecule has 1 N–H and O–H groups in total. The number of thiol groups is 1. The summed E-state index contributed by atoms with van der Waals surface area (Å²) < 4.78 is 0. The maximum Gasteiger partial charge on any atom is 0.220 e. The molecular weight excluding hydrogens is 364 g/mol. The van der Waals surface area contributed by atoms with E-state index in [0.29, 0.717) is 5.56 Å². The molecule has 0 aliphatic carbocycles. The number of rotatable bonds is 18. The molecular formula is C25H42O2S. The van der Waals surface area contributed by atoms with E-state index in [0.717, 1.165) is 18.4 Å². The third kappa shape index (κ3) is 11.8. The van der Waals surface area contributed by atoms with Gasteiger partial charge >= 0.3 is 0 Å². The number of carbonyl (C=O) groups excluding carboxylic acids is 1. The third-order valence-electron chi connectivity index (χ3n) is 5.65. The van der Waals surface area contributed by atoms with Crippen molar-refractivity contribution in [1.29, 1.82) is 0 Å². The van der Waals surface area contributed by atoms with Crippen LogP contribution >= 0.6 is 12.6 Å². The van der Waals surface area contributed by atoms with E-state index in [-0.39, 0.29) is 10.9 Å². The minimum Gasteiger partial charge on any atom is -0.507 e. The molecule has 0 bridgehead atoms. The van der Waals surface area contributed by atoms with Crippen molar-refractivity contribution >= 4 is 17.7 Å². The van der Waals surface area contributed by atoms with Crippen LogP contribution in [-0.2, 0) is 6.42 Å². The molecule has 0 saturated heterocycles. The monoisotopic (exact) mass is 406 g/mol. The van der Waals surface area contributed by atoms with Crippen LogP contribution in [0.4, 0.5) is 0 Å². The molecule has 0 atom stereocenters. The van der Waals surface area contributed by atoms with Crippen LogP contribution in [0.3, 0.4) is 0 Å². The quantitative estimate of drug-likeness (QED) is 0.190. The van der Waals surface area contributed by atoms with Crippen LogP contribution in [0.5, 0.6) is 5.75 Å². The lowest BCUT2D eigenvalue weighted by Gasteiger charge is -2.07. The molecule has 3 heteroatoms. The molecule has 1 aromatic carbocycles. The number of phenols is 1. The van der Waals surface area contributed by atoms with Crippen LogP contribution in [0.25, 0.3) is 0 Å². The van der Waals surface area contributed by atoms with Crippen molar-refractivity contribution in [2.45, 2.75) is 116 Å². The fraction of sp³-hybridized carbons (Fsp3) is 0.720. The van der Waals surface area contributed by atoms with Crippen LogP contribution in [0, 0.1) is 0 Å². The van der Waals surface area contributed by atoms with Crippen molar-refractivity contribution in [2.24, 2.45) is 0 Å². The predicted octanol–water partition coefficient (Wildman–Crippen LogP) is 8.27. The maximum atomic E-state index is 11.3. The molecule has 0 amide bonds. The van der Waals surface area contributed by atoms with Gasteiger partial charge in [-0.3, -0.25) is 4.79 Å². The summed E-state index contributed by atoms with van der Waals surface area (Å²) in [4.78, 5) is 11.3. The summed E-state index contributed by atoms with van der Waals surface area (Å²) in [5, 5.41) is 9.75. The molecule has 1 rings (SSSR count). The Hall–Kier alpha value is -0.960. The van der Waals surface area contributed by atoms with E-state index in [2.05, 4.69) is 19.6 Å². The first kappa shape index (κ1) is 25.1. The van der Waals surface area contributed by atoms with Crippen LogP contribution in [0.2, 0.25) is 0 Å². The highest BCUT2D eigenvalue weighted by molar-refractivity contribution is 7.97. The molecule has 0 spiro atoms. The van der Waals surface area contributed by atoms with Gasteiger partial charge in [0.15, 0.2) is 0 Å². The summed E-state index contributed by atoms with van der Waals surface area (Å²) in [5.41, 5.74) is 1.18. The van der Waals surface area contributed by atoms with Gasteiger partial charge in [0.05, 0.1) is 5.56 Å². The Morgan fingerprint density at radius 1 is 0.750 bits per heavy atom. The lowest BCUT2D eigenvalue weighted by molar-refractivity contribution is 0.108. The first-order valence-corrected chi connectivity index (χ1v) is 12.2. The van der Waals surface area contributed by atoms with Gasteiger partial charge < -0.3 is 5.11 Å². The number of para-hydroxylation sites is 1. The smallest absolute Gasteiger partial charge is 0.220 e. The molecule has 0 saturated carbocycles. The second kappa shape index (κ2) is 16.9. The van der Waals surface area contributed by atoms with Gasteiger partial charge in [0.25, 0.3) is 0 Å².